The summed E-state index contributed by atoms with van der Waals surface area (Å²) in [4.78, 5) is 22.1. The highest BCUT2D eigenvalue weighted by Crippen LogP contribution is 2.28. The van der Waals surface area contributed by atoms with E-state index < -0.39 is 0 Å². The predicted molar refractivity (Wildman–Crippen MR) is 94.4 cm³/mol. The van der Waals surface area contributed by atoms with E-state index in [-0.39, 0.29) is 24.8 Å². The van der Waals surface area contributed by atoms with Crippen molar-refractivity contribution in [2.75, 3.05) is 27.4 Å². The molecule has 0 aromatic heterocycles. The van der Waals surface area contributed by atoms with Crippen LogP contribution < -0.4 is 18.9 Å². The van der Waals surface area contributed by atoms with Gasteiger partial charge in [-0.2, -0.15) is 0 Å². The topological polar surface area (TPSA) is 71.1 Å². The van der Waals surface area contributed by atoms with Crippen LogP contribution in [-0.2, 0) is 22.4 Å². The smallest absolute Gasteiger partial charge is 0.174 e. The van der Waals surface area contributed by atoms with Crippen LogP contribution in [0.5, 0.6) is 23.0 Å². The molecule has 6 heteroatoms. The monoisotopic (exact) mass is 356 g/mol. The Morgan fingerprint density at radius 3 is 1.54 bits per heavy atom. The molecule has 2 aliphatic heterocycles. The van der Waals surface area contributed by atoms with E-state index in [0.29, 0.717) is 12.8 Å². The zero-order valence-corrected chi connectivity index (χ0v) is 14.7. The summed E-state index contributed by atoms with van der Waals surface area (Å²) < 4.78 is 20.6. The lowest BCUT2D eigenvalue weighted by molar-refractivity contribution is -0.122. The first-order chi connectivity index (χ1) is 12.6. The second-order valence-corrected chi connectivity index (χ2v) is 5.96. The van der Waals surface area contributed by atoms with Gasteiger partial charge in [-0.05, 0) is 36.4 Å². The maximum absolute atomic E-state index is 11.1. The average molecular weight is 356 g/mol. The Hall–Kier alpha value is -3.02. The Morgan fingerprint density at radius 1 is 0.731 bits per heavy atom. The van der Waals surface area contributed by atoms with Gasteiger partial charge in [-0.1, -0.05) is 0 Å². The molecule has 2 heterocycles. The van der Waals surface area contributed by atoms with E-state index in [1.54, 1.807) is 14.2 Å². The zero-order chi connectivity index (χ0) is 18.5. The Balaban J connectivity index is 0.000000151. The van der Waals surface area contributed by atoms with E-state index >= 15 is 0 Å². The Kier molecular flexibility index (Phi) is 5.41. The molecular weight excluding hydrogens is 336 g/mol. The molecule has 2 aromatic rings. The number of hydrogen-bond donors (Lipinski definition) is 0. The Bertz CT molecular complexity index is 758. The van der Waals surface area contributed by atoms with Crippen molar-refractivity contribution in [3.8, 4) is 23.0 Å². The maximum Gasteiger partial charge on any atom is 0.174 e. The van der Waals surface area contributed by atoms with Gasteiger partial charge in [0, 0.05) is 24.0 Å². The molecular formula is C20H20O6. The molecule has 6 nitrogen and oxygen atoms in total. The van der Waals surface area contributed by atoms with E-state index in [0.717, 1.165) is 34.1 Å². The minimum atomic E-state index is 0.112. The normalized spacial score (nSPS) is 14.7. The van der Waals surface area contributed by atoms with Gasteiger partial charge in [-0.15, -0.1) is 0 Å². The number of ether oxygens (including phenoxy) is 4. The van der Waals surface area contributed by atoms with Gasteiger partial charge in [0.05, 0.1) is 14.2 Å². The largest absolute Gasteiger partial charge is 0.497 e. The fraction of sp³-hybridized carbons (Fsp3) is 0.300. The minimum absolute atomic E-state index is 0.112. The van der Waals surface area contributed by atoms with Crippen molar-refractivity contribution >= 4 is 11.6 Å². The van der Waals surface area contributed by atoms with E-state index in [2.05, 4.69) is 0 Å². The lowest BCUT2D eigenvalue weighted by Gasteiger charge is -2.16. The second-order valence-electron chi connectivity index (χ2n) is 5.96. The second kappa shape index (κ2) is 7.91. The van der Waals surface area contributed by atoms with E-state index in [9.17, 15) is 9.59 Å². The van der Waals surface area contributed by atoms with Gasteiger partial charge < -0.3 is 18.9 Å². The van der Waals surface area contributed by atoms with E-state index in [4.69, 9.17) is 18.9 Å². The van der Waals surface area contributed by atoms with Gasteiger partial charge in [0.25, 0.3) is 0 Å². The molecule has 0 fully saturated rings. The molecule has 0 saturated heterocycles. The standard InChI is InChI=1S/2C10H10O3/c2*1-12-9-2-3-10-7(5-9)4-8(11)6-13-10/h2*2-3,5H,4,6H2,1H3. The summed E-state index contributed by atoms with van der Waals surface area (Å²) in [7, 11) is 3.21. The summed E-state index contributed by atoms with van der Waals surface area (Å²) in [5, 5.41) is 0. The lowest BCUT2D eigenvalue weighted by atomic mass is 10.1. The third-order valence-electron chi connectivity index (χ3n) is 4.09. The highest BCUT2D eigenvalue weighted by Gasteiger charge is 2.17. The fourth-order valence-corrected chi connectivity index (χ4v) is 2.77. The van der Waals surface area contributed by atoms with Crippen LogP contribution in [0.25, 0.3) is 0 Å². The van der Waals surface area contributed by atoms with Crippen LogP contribution in [0.15, 0.2) is 36.4 Å². The molecule has 2 aliphatic rings. The Morgan fingerprint density at radius 2 is 1.15 bits per heavy atom. The number of hydrogen-bond acceptors (Lipinski definition) is 6. The SMILES string of the molecule is COc1ccc2c(c1)CC(=O)CO2.COc1ccc2c(c1)CC(=O)CO2. The van der Waals surface area contributed by atoms with Crippen molar-refractivity contribution in [2.24, 2.45) is 0 Å². The van der Waals surface area contributed by atoms with Gasteiger partial charge in [0.2, 0.25) is 0 Å². The highest BCUT2D eigenvalue weighted by atomic mass is 16.5. The third kappa shape index (κ3) is 4.14. The lowest BCUT2D eigenvalue weighted by Crippen LogP contribution is -2.19. The van der Waals surface area contributed by atoms with Crippen LogP contribution in [0.1, 0.15) is 11.1 Å². The summed E-state index contributed by atoms with van der Waals surface area (Å²) in [5.41, 5.74) is 1.83. The fourth-order valence-electron chi connectivity index (χ4n) is 2.77. The molecule has 0 N–H and O–H groups in total. The number of fused-ring (bicyclic) bond motifs is 2. The van der Waals surface area contributed by atoms with Crippen molar-refractivity contribution in [2.45, 2.75) is 12.8 Å². The summed E-state index contributed by atoms with van der Waals surface area (Å²) >= 11 is 0. The maximum atomic E-state index is 11.1. The van der Waals surface area contributed by atoms with Crippen molar-refractivity contribution in [1.82, 2.24) is 0 Å². The molecule has 136 valence electrons. The average Bonchev–Trinajstić information content (AvgIpc) is 2.67. The van der Waals surface area contributed by atoms with Crippen molar-refractivity contribution in [1.29, 1.82) is 0 Å². The number of ketones is 2. The first kappa shape index (κ1) is 17.8. The molecule has 26 heavy (non-hydrogen) atoms. The third-order valence-corrected chi connectivity index (χ3v) is 4.09. The molecule has 2 aromatic carbocycles. The van der Waals surface area contributed by atoms with Crippen LogP contribution in [0.3, 0.4) is 0 Å². The zero-order valence-electron chi connectivity index (χ0n) is 14.7. The number of rotatable bonds is 2. The molecule has 0 amide bonds. The van der Waals surface area contributed by atoms with Crippen LogP contribution in [0.4, 0.5) is 0 Å². The molecule has 0 saturated carbocycles. The first-order valence-electron chi connectivity index (χ1n) is 8.22. The number of methoxy groups -OCH3 is 2. The van der Waals surface area contributed by atoms with Gasteiger partial charge >= 0.3 is 0 Å². The molecule has 4 rings (SSSR count). The summed E-state index contributed by atoms with van der Waals surface area (Å²) in [5.74, 6) is 3.33. The van der Waals surface area contributed by atoms with Crippen LogP contribution in [0, 0.1) is 0 Å². The molecule has 0 atom stereocenters. The van der Waals surface area contributed by atoms with E-state index in [1.807, 2.05) is 36.4 Å². The van der Waals surface area contributed by atoms with Gasteiger partial charge in [-0.25, -0.2) is 0 Å². The summed E-state index contributed by atoms with van der Waals surface area (Å²) in [6.45, 7) is 0.388. The quantitative estimate of drug-likeness (QED) is 0.823. The van der Waals surface area contributed by atoms with Crippen LogP contribution in [-0.4, -0.2) is 39.0 Å². The molecule has 0 unspecified atom stereocenters. The number of carbonyl (C=O) groups excluding carboxylic acids is 2. The summed E-state index contributed by atoms with van der Waals surface area (Å²) in [6.07, 6.45) is 0.902. The van der Waals surface area contributed by atoms with Crippen molar-refractivity contribution < 1.29 is 28.5 Å². The summed E-state index contributed by atoms with van der Waals surface area (Å²) in [6, 6.07) is 11.0. The van der Waals surface area contributed by atoms with Gasteiger partial charge in [0.1, 0.15) is 36.2 Å². The Labute approximate surface area is 151 Å². The number of carbonyl (C=O) groups is 2. The van der Waals surface area contributed by atoms with E-state index in [1.165, 1.54) is 0 Å². The molecule has 0 spiro atoms. The number of benzene rings is 2. The van der Waals surface area contributed by atoms with Crippen molar-refractivity contribution in [3.05, 3.63) is 47.5 Å². The van der Waals surface area contributed by atoms with Crippen LogP contribution in [0.2, 0.25) is 0 Å². The molecule has 0 bridgehead atoms. The highest BCUT2D eigenvalue weighted by molar-refractivity contribution is 5.85. The van der Waals surface area contributed by atoms with Gasteiger partial charge in [0.15, 0.2) is 11.6 Å². The molecule has 0 radical (unpaired) electrons. The first-order valence-corrected chi connectivity index (χ1v) is 8.22. The molecule has 0 aliphatic carbocycles. The van der Waals surface area contributed by atoms with Gasteiger partial charge in [-0.3, -0.25) is 9.59 Å². The van der Waals surface area contributed by atoms with Crippen LogP contribution >= 0.6 is 0 Å². The number of Topliss-reactive ketones (excluding diaryl/α,β-unsaturated/α-hetero) is 2. The van der Waals surface area contributed by atoms with Crippen molar-refractivity contribution in [3.63, 3.8) is 0 Å². The predicted octanol–water partition coefficient (Wildman–Crippen LogP) is 2.40. The minimum Gasteiger partial charge on any atom is -0.497 e.